The van der Waals surface area contributed by atoms with Crippen LogP contribution in [0.4, 0.5) is 11.5 Å². The van der Waals surface area contributed by atoms with Gasteiger partial charge in [0.25, 0.3) is 5.91 Å². The van der Waals surface area contributed by atoms with Gasteiger partial charge in [-0.15, -0.1) is 0 Å². The van der Waals surface area contributed by atoms with Crippen molar-refractivity contribution in [1.82, 2.24) is 15.2 Å². The number of anilines is 2. The van der Waals surface area contributed by atoms with Gasteiger partial charge >= 0.3 is 0 Å². The minimum Gasteiger partial charge on any atom is -0.336 e. The van der Waals surface area contributed by atoms with E-state index >= 15 is 0 Å². The molecule has 2 aliphatic heterocycles. The molecule has 1 aromatic carbocycles. The number of piperazine rings is 1. The number of benzene rings is 1. The number of hydrogen-bond acceptors (Lipinski definition) is 3. The Morgan fingerprint density at radius 3 is 2.56 bits per heavy atom. The van der Waals surface area contributed by atoms with Crippen LogP contribution in [0.2, 0.25) is 5.02 Å². The zero-order chi connectivity index (χ0) is 17.4. The minimum absolute atomic E-state index is 0.0333. The molecule has 25 heavy (non-hydrogen) atoms. The lowest BCUT2D eigenvalue weighted by molar-refractivity contribution is 0.0730. The topological polar surface area (TPSA) is 51.4 Å². The summed E-state index contributed by atoms with van der Waals surface area (Å²) in [5.41, 5.74) is 3.35. The van der Waals surface area contributed by atoms with Gasteiger partial charge < -0.3 is 15.2 Å². The van der Waals surface area contributed by atoms with E-state index in [4.69, 9.17) is 11.6 Å². The predicted octanol–water partition coefficient (Wildman–Crippen LogP) is 3.39. The zero-order valence-corrected chi connectivity index (χ0v) is 14.5. The van der Waals surface area contributed by atoms with Crippen LogP contribution in [0.5, 0.6) is 0 Å². The molecule has 0 saturated carbocycles. The number of aromatic nitrogens is 1. The lowest BCUT2D eigenvalue weighted by Gasteiger charge is -2.28. The van der Waals surface area contributed by atoms with Gasteiger partial charge in [0.1, 0.15) is 11.5 Å². The van der Waals surface area contributed by atoms with Gasteiger partial charge in [0, 0.05) is 48.1 Å². The number of nitrogens with one attached hydrogen (secondary N) is 2. The average Bonchev–Trinajstić information content (AvgIpc) is 3.07. The third-order valence-corrected chi connectivity index (χ3v) is 4.76. The summed E-state index contributed by atoms with van der Waals surface area (Å²) < 4.78 is 0. The maximum atomic E-state index is 12.8. The van der Waals surface area contributed by atoms with Gasteiger partial charge in [0.15, 0.2) is 0 Å². The number of carbonyl (C=O) groups is 1. The molecule has 0 unspecified atom stereocenters. The van der Waals surface area contributed by atoms with Gasteiger partial charge in [-0.05, 0) is 42.5 Å². The van der Waals surface area contributed by atoms with E-state index in [0.717, 1.165) is 48.9 Å². The molecule has 2 aromatic rings. The number of amides is 1. The fourth-order valence-electron chi connectivity index (χ4n) is 3.21. The van der Waals surface area contributed by atoms with E-state index in [1.54, 1.807) is 0 Å². The maximum Gasteiger partial charge on any atom is 0.270 e. The van der Waals surface area contributed by atoms with E-state index in [0.29, 0.717) is 10.7 Å². The molecule has 0 atom stereocenters. The third kappa shape index (κ3) is 2.97. The summed E-state index contributed by atoms with van der Waals surface area (Å²) in [7, 11) is 0. The standard InChI is InChI=1S/C19H19ClN4O/c1-13-2-3-14-12-17(19(25)23-10-8-21-9-11-23)22-18(14)24(13)16-6-4-15(20)5-7-16/h2-7,12,21-22H,1,8-11H2. The summed E-state index contributed by atoms with van der Waals surface area (Å²) in [4.78, 5) is 19.9. The maximum absolute atomic E-state index is 12.8. The molecule has 3 heterocycles. The molecular weight excluding hydrogens is 336 g/mol. The molecule has 0 spiro atoms. The second kappa shape index (κ2) is 6.43. The zero-order valence-electron chi connectivity index (χ0n) is 13.8. The Morgan fingerprint density at radius 1 is 1.12 bits per heavy atom. The molecule has 1 aromatic heterocycles. The highest BCUT2D eigenvalue weighted by atomic mass is 35.5. The summed E-state index contributed by atoms with van der Waals surface area (Å²) in [6.07, 6.45) is 3.93. The second-order valence-electron chi connectivity index (χ2n) is 6.17. The number of aromatic amines is 1. The molecule has 6 heteroatoms. The fourth-order valence-corrected chi connectivity index (χ4v) is 3.34. The number of fused-ring (bicyclic) bond motifs is 1. The Morgan fingerprint density at radius 2 is 1.84 bits per heavy atom. The molecule has 1 amide bonds. The van der Waals surface area contributed by atoms with Crippen molar-refractivity contribution in [2.24, 2.45) is 0 Å². The largest absolute Gasteiger partial charge is 0.336 e. The van der Waals surface area contributed by atoms with Crippen LogP contribution >= 0.6 is 11.6 Å². The Hall–Kier alpha value is -2.50. The lowest BCUT2D eigenvalue weighted by Crippen LogP contribution is -2.46. The molecule has 0 radical (unpaired) electrons. The molecule has 5 nitrogen and oxygen atoms in total. The second-order valence-corrected chi connectivity index (χ2v) is 6.60. The summed E-state index contributed by atoms with van der Waals surface area (Å²) >= 11 is 6.00. The van der Waals surface area contributed by atoms with Crippen LogP contribution < -0.4 is 10.2 Å². The molecule has 2 N–H and O–H groups in total. The minimum atomic E-state index is 0.0333. The average molecular weight is 355 g/mol. The van der Waals surface area contributed by atoms with Crippen molar-refractivity contribution in [3.05, 3.63) is 65.0 Å². The number of halogens is 1. The molecular formula is C19H19ClN4O. The van der Waals surface area contributed by atoms with Crippen molar-refractivity contribution in [1.29, 1.82) is 0 Å². The van der Waals surface area contributed by atoms with E-state index in [1.807, 2.05) is 52.3 Å². The predicted molar refractivity (Wildman–Crippen MR) is 101 cm³/mol. The van der Waals surface area contributed by atoms with E-state index < -0.39 is 0 Å². The lowest BCUT2D eigenvalue weighted by atomic mass is 10.1. The van der Waals surface area contributed by atoms with Crippen molar-refractivity contribution in [3.63, 3.8) is 0 Å². The fraction of sp³-hybridized carbons (Fsp3) is 0.211. The van der Waals surface area contributed by atoms with Crippen LogP contribution in [0, 0.1) is 0 Å². The van der Waals surface area contributed by atoms with Crippen molar-refractivity contribution < 1.29 is 4.79 Å². The van der Waals surface area contributed by atoms with Gasteiger partial charge in [-0.3, -0.25) is 9.69 Å². The highest BCUT2D eigenvalue weighted by Crippen LogP contribution is 2.37. The first-order chi connectivity index (χ1) is 12.1. The van der Waals surface area contributed by atoms with Crippen LogP contribution in [-0.2, 0) is 0 Å². The summed E-state index contributed by atoms with van der Waals surface area (Å²) in [5, 5.41) is 3.95. The van der Waals surface area contributed by atoms with Crippen LogP contribution in [-0.4, -0.2) is 42.0 Å². The highest BCUT2D eigenvalue weighted by molar-refractivity contribution is 6.30. The Bertz CT molecular complexity index is 847. The van der Waals surface area contributed by atoms with E-state index in [2.05, 4.69) is 16.9 Å². The van der Waals surface area contributed by atoms with Crippen LogP contribution in [0.1, 0.15) is 16.1 Å². The number of rotatable bonds is 2. The summed E-state index contributed by atoms with van der Waals surface area (Å²) in [5.74, 6) is 0.888. The molecule has 0 bridgehead atoms. The van der Waals surface area contributed by atoms with Gasteiger partial charge in [-0.1, -0.05) is 18.2 Å². The highest BCUT2D eigenvalue weighted by Gasteiger charge is 2.25. The Balaban J connectivity index is 1.69. The summed E-state index contributed by atoms with van der Waals surface area (Å²) in [6, 6.07) is 9.48. The van der Waals surface area contributed by atoms with Crippen LogP contribution in [0.25, 0.3) is 6.08 Å². The molecule has 128 valence electrons. The van der Waals surface area contributed by atoms with Crippen LogP contribution in [0.3, 0.4) is 0 Å². The Kier molecular flexibility index (Phi) is 4.11. The molecule has 2 aliphatic rings. The van der Waals surface area contributed by atoms with E-state index in [9.17, 15) is 4.79 Å². The van der Waals surface area contributed by atoms with Gasteiger partial charge in [0.05, 0.1) is 0 Å². The normalized spacial score (nSPS) is 16.9. The summed E-state index contributed by atoms with van der Waals surface area (Å²) in [6.45, 7) is 7.24. The quantitative estimate of drug-likeness (QED) is 0.869. The number of carbonyl (C=O) groups excluding carboxylic acids is 1. The smallest absolute Gasteiger partial charge is 0.270 e. The monoisotopic (exact) mass is 354 g/mol. The first-order valence-corrected chi connectivity index (χ1v) is 8.67. The van der Waals surface area contributed by atoms with Crippen molar-refractivity contribution in [3.8, 4) is 0 Å². The van der Waals surface area contributed by atoms with Crippen molar-refractivity contribution in [2.75, 3.05) is 31.1 Å². The SMILES string of the molecule is C=C1C=Cc2cc(C(=O)N3CCNCC3)[nH]c2N1c1ccc(Cl)cc1. The first-order valence-electron chi connectivity index (χ1n) is 8.29. The number of H-pyrrole nitrogens is 1. The Labute approximate surface area is 151 Å². The molecule has 0 aliphatic carbocycles. The van der Waals surface area contributed by atoms with Crippen LogP contribution in [0.15, 0.2) is 48.7 Å². The first kappa shape index (κ1) is 16.0. The number of nitrogens with zero attached hydrogens (tertiary/aromatic N) is 2. The molecule has 1 saturated heterocycles. The van der Waals surface area contributed by atoms with E-state index in [1.165, 1.54) is 0 Å². The molecule has 4 rings (SSSR count). The van der Waals surface area contributed by atoms with Gasteiger partial charge in [-0.25, -0.2) is 0 Å². The molecule has 1 fully saturated rings. The van der Waals surface area contributed by atoms with Crippen molar-refractivity contribution in [2.45, 2.75) is 0 Å². The third-order valence-electron chi connectivity index (χ3n) is 4.51. The van der Waals surface area contributed by atoms with Gasteiger partial charge in [-0.2, -0.15) is 0 Å². The van der Waals surface area contributed by atoms with Crippen molar-refractivity contribution >= 4 is 35.1 Å². The van der Waals surface area contributed by atoms with Gasteiger partial charge in [0.2, 0.25) is 0 Å². The number of allylic oxidation sites excluding steroid dienone is 1. The number of hydrogen-bond donors (Lipinski definition) is 2. The van der Waals surface area contributed by atoms with E-state index in [-0.39, 0.29) is 5.91 Å².